The van der Waals surface area contributed by atoms with E-state index >= 15 is 0 Å². The zero-order valence-electron chi connectivity index (χ0n) is 6.32. The van der Waals surface area contributed by atoms with E-state index in [1.807, 2.05) is 6.92 Å². The quantitative estimate of drug-likeness (QED) is 0.497. The Bertz CT molecular complexity index is 75.3. The molecule has 0 fully saturated rings. The van der Waals surface area contributed by atoms with Crippen molar-refractivity contribution in [2.75, 3.05) is 19.8 Å². The fourth-order valence-electron chi connectivity index (χ4n) is 0.871. The van der Waals surface area contributed by atoms with Crippen LogP contribution in [0, 0.1) is 11.8 Å². The van der Waals surface area contributed by atoms with Crippen LogP contribution in [-0.2, 0) is 0 Å². The van der Waals surface area contributed by atoms with Crippen LogP contribution >= 0.6 is 0 Å². The molecule has 0 aliphatic rings. The summed E-state index contributed by atoms with van der Waals surface area (Å²) in [4.78, 5) is 0. The molecule has 10 heavy (non-hydrogen) atoms. The molecule has 3 N–H and O–H groups in total. The van der Waals surface area contributed by atoms with E-state index in [9.17, 15) is 0 Å². The second-order valence-corrected chi connectivity index (χ2v) is 2.61. The summed E-state index contributed by atoms with van der Waals surface area (Å²) in [6, 6.07) is 0. The summed E-state index contributed by atoms with van der Waals surface area (Å²) in [5.74, 6) is 0.118. The van der Waals surface area contributed by atoms with Gasteiger partial charge in [0, 0.05) is 19.8 Å². The molecule has 0 aliphatic carbocycles. The maximum Gasteiger partial charge on any atom is 0.0463 e. The Morgan fingerprint density at radius 2 is 1.70 bits per heavy atom. The van der Waals surface area contributed by atoms with Gasteiger partial charge in [0.15, 0.2) is 0 Å². The Morgan fingerprint density at radius 3 is 2.00 bits per heavy atom. The highest BCUT2D eigenvalue weighted by molar-refractivity contribution is 4.63. The van der Waals surface area contributed by atoms with Crippen molar-refractivity contribution in [2.45, 2.75) is 13.3 Å². The Labute approximate surface area is 61.3 Å². The van der Waals surface area contributed by atoms with Gasteiger partial charge in [0.25, 0.3) is 0 Å². The average molecular weight is 148 g/mol. The van der Waals surface area contributed by atoms with Crippen LogP contribution < -0.4 is 0 Å². The average Bonchev–Trinajstić information content (AvgIpc) is 1.99. The van der Waals surface area contributed by atoms with Gasteiger partial charge >= 0.3 is 0 Å². The summed E-state index contributed by atoms with van der Waals surface area (Å²) < 4.78 is 0. The molecule has 0 aromatic heterocycles. The minimum Gasteiger partial charge on any atom is -0.396 e. The van der Waals surface area contributed by atoms with E-state index < -0.39 is 0 Å². The summed E-state index contributed by atoms with van der Waals surface area (Å²) in [6.07, 6.45) is 0.568. The topological polar surface area (TPSA) is 60.7 Å². The van der Waals surface area contributed by atoms with Gasteiger partial charge in [0.05, 0.1) is 0 Å². The summed E-state index contributed by atoms with van der Waals surface area (Å²) in [5.41, 5.74) is 0. The highest BCUT2D eigenvalue weighted by atomic mass is 16.3. The van der Waals surface area contributed by atoms with Crippen molar-refractivity contribution in [1.82, 2.24) is 0 Å². The zero-order chi connectivity index (χ0) is 7.98. The van der Waals surface area contributed by atoms with Gasteiger partial charge in [-0.1, -0.05) is 6.92 Å². The standard InChI is InChI=1S/C7H16O3/c1-6(4-9)7(5-10)2-3-8/h6-10H,2-5H2,1H3. The predicted octanol–water partition coefficient (Wildman–Crippen LogP) is -0.394. The summed E-state index contributed by atoms with van der Waals surface area (Å²) in [5, 5.41) is 25.9. The Morgan fingerprint density at radius 1 is 1.10 bits per heavy atom. The number of hydrogen-bond acceptors (Lipinski definition) is 3. The molecule has 0 heterocycles. The van der Waals surface area contributed by atoms with Gasteiger partial charge < -0.3 is 15.3 Å². The largest absolute Gasteiger partial charge is 0.396 e. The molecule has 0 aromatic carbocycles. The van der Waals surface area contributed by atoms with E-state index in [1.54, 1.807) is 0 Å². The summed E-state index contributed by atoms with van der Waals surface area (Å²) >= 11 is 0. The van der Waals surface area contributed by atoms with E-state index in [0.29, 0.717) is 6.42 Å². The molecule has 3 heteroatoms. The predicted molar refractivity (Wildman–Crippen MR) is 38.5 cm³/mol. The van der Waals surface area contributed by atoms with Crippen LogP contribution in [0.2, 0.25) is 0 Å². The number of hydrogen-bond donors (Lipinski definition) is 3. The fourth-order valence-corrected chi connectivity index (χ4v) is 0.871. The normalized spacial score (nSPS) is 16.8. The molecule has 0 spiro atoms. The molecule has 0 bridgehead atoms. The van der Waals surface area contributed by atoms with Crippen molar-refractivity contribution in [2.24, 2.45) is 11.8 Å². The lowest BCUT2D eigenvalue weighted by Crippen LogP contribution is -2.20. The minimum absolute atomic E-state index is 0.0370. The van der Waals surface area contributed by atoms with Gasteiger partial charge in [0.2, 0.25) is 0 Å². The molecule has 0 aromatic rings. The van der Waals surface area contributed by atoms with Crippen molar-refractivity contribution in [3.8, 4) is 0 Å². The zero-order valence-corrected chi connectivity index (χ0v) is 6.32. The van der Waals surface area contributed by atoms with Crippen LogP contribution in [0.4, 0.5) is 0 Å². The third-order valence-corrected chi connectivity index (χ3v) is 1.83. The smallest absolute Gasteiger partial charge is 0.0463 e. The maximum absolute atomic E-state index is 8.74. The van der Waals surface area contributed by atoms with E-state index in [4.69, 9.17) is 15.3 Å². The van der Waals surface area contributed by atoms with Crippen LogP contribution in [0.5, 0.6) is 0 Å². The van der Waals surface area contributed by atoms with Crippen molar-refractivity contribution >= 4 is 0 Å². The third kappa shape index (κ3) is 3.15. The van der Waals surface area contributed by atoms with Gasteiger partial charge in [-0.05, 0) is 18.3 Å². The molecule has 62 valence electrons. The second-order valence-electron chi connectivity index (χ2n) is 2.61. The van der Waals surface area contributed by atoms with E-state index in [2.05, 4.69) is 0 Å². The van der Waals surface area contributed by atoms with E-state index in [-0.39, 0.29) is 31.7 Å². The number of aliphatic hydroxyl groups is 3. The lowest BCUT2D eigenvalue weighted by atomic mass is 9.93. The molecule has 0 rings (SSSR count). The Kier molecular flexibility index (Phi) is 5.58. The molecule has 3 nitrogen and oxygen atoms in total. The van der Waals surface area contributed by atoms with Crippen molar-refractivity contribution in [3.05, 3.63) is 0 Å². The van der Waals surface area contributed by atoms with Crippen LogP contribution in [0.3, 0.4) is 0 Å². The molecule has 2 unspecified atom stereocenters. The van der Waals surface area contributed by atoms with Gasteiger partial charge in [-0.25, -0.2) is 0 Å². The van der Waals surface area contributed by atoms with Gasteiger partial charge in [-0.15, -0.1) is 0 Å². The van der Waals surface area contributed by atoms with Gasteiger partial charge in [-0.3, -0.25) is 0 Å². The highest BCUT2D eigenvalue weighted by Crippen LogP contribution is 2.13. The Hall–Kier alpha value is -0.120. The summed E-state index contributed by atoms with van der Waals surface area (Å²) in [6.45, 7) is 2.06. The van der Waals surface area contributed by atoms with Crippen LogP contribution in [0.1, 0.15) is 13.3 Å². The first-order valence-corrected chi connectivity index (χ1v) is 3.58. The molecular weight excluding hydrogens is 132 g/mol. The number of aliphatic hydroxyl groups excluding tert-OH is 3. The molecule has 0 amide bonds. The molecule has 0 aliphatic heterocycles. The third-order valence-electron chi connectivity index (χ3n) is 1.83. The van der Waals surface area contributed by atoms with Crippen LogP contribution in [-0.4, -0.2) is 35.1 Å². The molecule has 2 atom stereocenters. The van der Waals surface area contributed by atoms with Crippen LogP contribution in [0.25, 0.3) is 0 Å². The lowest BCUT2D eigenvalue weighted by molar-refractivity contribution is 0.108. The van der Waals surface area contributed by atoms with E-state index in [1.165, 1.54) is 0 Å². The van der Waals surface area contributed by atoms with Gasteiger partial charge in [-0.2, -0.15) is 0 Å². The second kappa shape index (κ2) is 5.65. The molecule has 0 saturated carbocycles. The minimum atomic E-state index is 0.0370. The molecule has 0 saturated heterocycles. The fraction of sp³-hybridized carbons (Fsp3) is 1.00. The lowest BCUT2D eigenvalue weighted by Gasteiger charge is -2.18. The SMILES string of the molecule is CC(CO)C(CO)CCO. The first-order chi connectivity index (χ1) is 4.76. The molecule has 0 radical (unpaired) electrons. The van der Waals surface area contributed by atoms with Crippen molar-refractivity contribution in [1.29, 1.82) is 0 Å². The first-order valence-electron chi connectivity index (χ1n) is 3.58. The first kappa shape index (κ1) is 9.88. The monoisotopic (exact) mass is 148 g/mol. The maximum atomic E-state index is 8.74. The van der Waals surface area contributed by atoms with Gasteiger partial charge in [0.1, 0.15) is 0 Å². The van der Waals surface area contributed by atoms with Crippen molar-refractivity contribution in [3.63, 3.8) is 0 Å². The Balaban J connectivity index is 3.56. The van der Waals surface area contributed by atoms with Crippen molar-refractivity contribution < 1.29 is 15.3 Å². The summed E-state index contributed by atoms with van der Waals surface area (Å²) in [7, 11) is 0. The van der Waals surface area contributed by atoms with Crippen LogP contribution in [0.15, 0.2) is 0 Å². The highest BCUT2D eigenvalue weighted by Gasteiger charge is 2.14. The van der Waals surface area contributed by atoms with E-state index in [0.717, 1.165) is 0 Å². The molecular formula is C7H16O3. The number of rotatable bonds is 5.